The maximum absolute atomic E-state index is 9.03. The molecule has 0 radical (unpaired) electrons. The van der Waals surface area contributed by atoms with E-state index in [4.69, 9.17) is 19.4 Å². The van der Waals surface area contributed by atoms with Crippen LogP contribution in [0.1, 0.15) is 32.1 Å². The molecule has 0 amide bonds. The first-order valence-electron chi connectivity index (χ1n) is 11.8. The van der Waals surface area contributed by atoms with E-state index >= 15 is 0 Å². The Balaban J connectivity index is 1.43. The van der Waals surface area contributed by atoms with Crippen molar-refractivity contribution < 1.29 is 9.15 Å². The number of nitriles is 1. The van der Waals surface area contributed by atoms with Crippen molar-refractivity contribution in [3.05, 3.63) is 55.3 Å². The molecule has 1 saturated carbocycles. The third kappa shape index (κ3) is 5.27. The van der Waals surface area contributed by atoms with E-state index in [1.807, 2.05) is 49.6 Å². The first kappa shape index (κ1) is 22.5. The summed E-state index contributed by atoms with van der Waals surface area (Å²) in [7, 11) is 1.86. The molecule has 5 rings (SSSR count). The smallest absolute Gasteiger partial charge is 0.181 e. The lowest BCUT2D eigenvalue weighted by Crippen LogP contribution is -2.23. The molecule has 1 aliphatic carbocycles. The number of benzene rings is 1. The van der Waals surface area contributed by atoms with E-state index in [-0.39, 0.29) is 6.61 Å². The minimum atomic E-state index is -0.0453. The quantitative estimate of drug-likeness (QED) is 0.346. The lowest BCUT2D eigenvalue weighted by atomic mass is 9.95. The summed E-state index contributed by atoms with van der Waals surface area (Å²) >= 11 is 0. The predicted octanol–water partition coefficient (Wildman–Crippen LogP) is 5.53. The summed E-state index contributed by atoms with van der Waals surface area (Å²) in [6.07, 6.45) is 12.8. The Labute approximate surface area is 203 Å². The van der Waals surface area contributed by atoms with Crippen LogP contribution in [0.25, 0.3) is 22.5 Å². The third-order valence-electron chi connectivity index (χ3n) is 6.10. The van der Waals surface area contributed by atoms with Crippen LogP contribution in [0, 0.1) is 11.3 Å². The van der Waals surface area contributed by atoms with E-state index in [9.17, 15) is 0 Å². The maximum Gasteiger partial charge on any atom is 0.181 e. The van der Waals surface area contributed by atoms with Gasteiger partial charge >= 0.3 is 0 Å². The van der Waals surface area contributed by atoms with Crippen LogP contribution in [0.2, 0.25) is 0 Å². The highest BCUT2D eigenvalue weighted by molar-refractivity contribution is 5.76. The molecule has 1 fully saturated rings. The number of pyridine rings is 1. The highest BCUT2D eigenvalue weighted by Gasteiger charge is 2.18. The summed E-state index contributed by atoms with van der Waals surface area (Å²) in [5.41, 5.74) is 3.46. The van der Waals surface area contributed by atoms with Crippen molar-refractivity contribution in [2.75, 3.05) is 17.2 Å². The number of hydrogen-bond donors (Lipinski definition) is 2. The van der Waals surface area contributed by atoms with Gasteiger partial charge in [-0.2, -0.15) is 10.4 Å². The van der Waals surface area contributed by atoms with Gasteiger partial charge in [-0.15, -0.1) is 0 Å². The Bertz CT molecular complexity index is 1320. The first-order valence-corrected chi connectivity index (χ1v) is 11.8. The van der Waals surface area contributed by atoms with Crippen LogP contribution in [0.4, 0.5) is 17.3 Å². The molecule has 178 valence electrons. The van der Waals surface area contributed by atoms with E-state index in [2.05, 4.69) is 20.7 Å². The Hall–Kier alpha value is -4.32. The Kier molecular flexibility index (Phi) is 6.61. The van der Waals surface area contributed by atoms with Gasteiger partial charge in [-0.3, -0.25) is 4.68 Å². The van der Waals surface area contributed by atoms with Crippen molar-refractivity contribution in [3.63, 3.8) is 0 Å². The lowest BCUT2D eigenvalue weighted by Gasteiger charge is -2.24. The SMILES string of the molecule is Cn1cc(-c2ccc(Nc3ccc(-c4cnco4)c(NC4CCCCC4)n3)cc2OCC#N)cn1. The monoisotopic (exact) mass is 469 g/mol. The number of ether oxygens (including phenoxy) is 1. The van der Waals surface area contributed by atoms with Crippen molar-refractivity contribution in [1.82, 2.24) is 19.7 Å². The lowest BCUT2D eigenvalue weighted by molar-refractivity contribution is 0.370. The summed E-state index contributed by atoms with van der Waals surface area (Å²) in [5.74, 6) is 2.73. The second-order valence-corrected chi connectivity index (χ2v) is 8.62. The standard InChI is InChI=1S/C26H27N7O2/c1-33-16-18(14-29-33)21-8-7-20(13-23(21)34-12-11-27)30-25-10-9-22(24-15-28-17-35-24)26(32-25)31-19-5-3-2-4-6-19/h7-10,13-17,19H,2-6,12H2,1H3,(H2,30,31,32). The number of anilines is 3. The van der Waals surface area contributed by atoms with Gasteiger partial charge < -0.3 is 19.8 Å². The van der Waals surface area contributed by atoms with Gasteiger partial charge in [0.1, 0.15) is 23.5 Å². The fraction of sp³-hybridized carbons (Fsp3) is 0.308. The predicted molar refractivity (Wildman–Crippen MR) is 133 cm³/mol. The molecule has 0 saturated heterocycles. The third-order valence-corrected chi connectivity index (χ3v) is 6.10. The van der Waals surface area contributed by atoms with Gasteiger partial charge in [-0.1, -0.05) is 19.3 Å². The molecule has 3 heterocycles. The normalized spacial score (nSPS) is 13.8. The molecule has 0 spiro atoms. The molecule has 0 unspecified atom stereocenters. The van der Waals surface area contributed by atoms with Crippen LogP contribution in [0.5, 0.6) is 5.75 Å². The summed E-state index contributed by atoms with van der Waals surface area (Å²) in [6, 6.07) is 12.1. The van der Waals surface area contributed by atoms with Crippen LogP contribution in [0.15, 0.2) is 59.7 Å². The number of nitrogens with one attached hydrogen (secondary N) is 2. The molecule has 35 heavy (non-hydrogen) atoms. The van der Waals surface area contributed by atoms with E-state index in [0.29, 0.717) is 23.4 Å². The molecule has 9 nitrogen and oxygen atoms in total. The molecule has 0 atom stereocenters. The molecule has 3 aromatic heterocycles. The second kappa shape index (κ2) is 10.3. The highest BCUT2D eigenvalue weighted by Crippen LogP contribution is 2.35. The Morgan fingerprint density at radius 2 is 2.00 bits per heavy atom. The molecule has 0 aliphatic heterocycles. The molecule has 1 aromatic carbocycles. The van der Waals surface area contributed by atoms with Crippen LogP contribution in [-0.2, 0) is 7.05 Å². The topological polar surface area (TPSA) is 114 Å². The van der Waals surface area contributed by atoms with E-state index in [1.54, 1.807) is 17.1 Å². The van der Waals surface area contributed by atoms with E-state index in [1.165, 1.54) is 25.7 Å². The van der Waals surface area contributed by atoms with Gasteiger partial charge in [0.2, 0.25) is 0 Å². The van der Waals surface area contributed by atoms with Crippen LogP contribution in [-0.4, -0.2) is 32.4 Å². The van der Waals surface area contributed by atoms with Gasteiger partial charge in [0.05, 0.1) is 18.0 Å². The van der Waals surface area contributed by atoms with Crippen molar-refractivity contribution in [2.24, 2.45) is 7.05 Å². The van der Waals surface area contributed by atoms with Crippen LogP contribution >= 0.6 is 0 Å². The molecule has 9 heteroatoms. The molecule has 2 N–H and O–H groups in total. The number of rotatable bonds is 8. The van der Waals surface area contributed by atoms with E-state index in [0.717, 1.165) is 41.0 Å². The van der Waals surface area contributed by atoms with Crippen LogP contribution in [0.3, 0.4) is 0 Å². The van der Waals surface area contributed by atoms with Gasteiger partial charge in [0, 0.05) is 42.2 Å². The summed E-state index contributed by atoms with van der Waals surface area (Å²) in [5, 5.41) is 20.3. The van der Waals surface area contributed by atoms with Gasteiger partial charge in [0.25, 0.3) is 0 Å². The molecule has 4 aromatic rings. The largest absolute Gasteiger partial charge is 0.478 e. The van der Waals surface area contributed by atoms with Crippen molar-refractivity contribution in [3.8, 4) is 34.3 Å². The zero-order valence-corrected chi connectivity index (χ0v) is 19.6. The minimum absolute atomic E-state index is 0.0453. The zero-order valence-electron chi connectivity index (χ0n) is 19.6. The summed E-state index contributed by atoms with van der Waals surface area (Å²) in [6.45, 7) is -0.0453. The highest BCUT2D eigenvalue weighted by atomic mass is 16.5. The average Bonchev–Trinajstić information content (AvgIpc) is 3.56. The average molecular weight is 470 g/mol. The van der Waals surface area contributed by atoms with Crippen molar-refractivity contribution in [2.45, 2.75) is 38.1 Å². The van der Waals surface area contributed by atoms with Gasteiger partial charge in [-0.25, -0.2) is 9.97 Å². The fourth-order valence-electron chi connectivity index (χ4n) is 4.40. The number of hydrogen-bond acceptors (Lipinski definition) is 8. The van der Waals surface area contributed by atoms with Crippen LogP contribution < -0.4 is 15.4 Å². The first-order chi connectivity index (χ1) is 17.2. The van der Waals surface area contributed by atoms with Gasteiger partial charge in [0.15, 0.2) is 18.8 Å². The number of oxazole rings is 1. The molecule has 0 bridgehead atoms. The number of aromatic nitrogens is 4. The molecular formula is C26H27N7O2. The summed E-state index contributed by atoms with van der Waals surface area (Å²) in [4.78, 5) is 8.94. The van der Waals surface area contributed by atoms with Gasteiger partial charge in [-0.05, 0) is 37.1 Å². The Morgan fingerprint density at radius 1 is 1.14 bits per heavy atom. The maximum atomic E-state index is 9.03. The van der Waals surface area contributed by atoms with E-state index < -0.39 is 0 Å². The molecule has 1 aliphatic rings. The van der Waals surface area contributed by atoms with Crippen molar-refractivity contribution >= 4 is 17.3 Å². The second-order valence-electron chi connectivity index (χ2n) is 8.62. The molecular weight excluding hydrogens is 442 g/mol. The van der Waals surface area contributed by atoms with Crippen molar-refractivity contribution in [1.29, 1.82) is 5.26 Å². The summed E-state index contributed by atoms with van der Waals surface area (Å²) < 4.78 is 13.0. The number of nitrogens with zero attached hydrogens (tertiary/aromatic N) is 5. The Morgan fingerprint density at radius 3 is 2.74 bits per heavy atom. The zero-order chi connectivity index (χ0) is 24.0. The fourth-order valence-corrected chi connectivity index (χ4v) is 4.40. The minimum Gasteiger partial charge on any atom is -0.478 e. The number of aryl methyl sites for hydroxylation is 1.